The first-order chi connectivity index (χ1) is 15.2. The number of aliphatic imine (C=N–C) groups is 1. The van der Waals surface area contributed by atoms with Gasteiger partial charge in [0.25, 0.3) is 0 Å². The normalized spacial score (nSPS) is 15.7. The molecule has 10 heteroatoms. The number of guanidine groups is 1. The molecule has 0 bridgehead atoms. The third kappa shape index (κ3) is 6.28. The predicted octanol–water partition coefficient (Wildman–Crippen LogP) is 2.36. The molecule has 1 unspecified atom stereocenters. The Bertz CT molecular complexity index is 1000. The highest BCUT2D eigenvalue weighted by molar-refractivity contribution is 14.0. The molecule has 0 saturated carbocycles. The molecule has 3 aromatic rings. The van der Waals surface area contributed by atoms with Crippen molar-refractivity contribution in [3.8, 4) is 0 Å². The Balaban J connectivity index is 0.00000289. The average Bonchev–Trinajstić information content (AvgIpc) is 3.39. The molecule has 0 spiro atoms. The Hall–Kier alpha value is -2.47. The number of halogens is 1. The topological polar surface area (TPSA) is 94.2 Å². The van der Waals surface area contributed by atoms with Crippen molar-refractivity contribution in [3.05, 3.63) is 65.8 Å². The number of rotatable bonds is 8. The van der Waals surface area contributed by atoms with Crippen LogP contribution in [0.2, 0.25) is 0 Å². The molecule has 2 aromatic heterocycles. The van der Waals surface area contributed by atoms with Crippen molar-refractivity contribution < 1.29 is 4.74 Å². The molecule has 1 aliphatic rings. The van der Waals surface area contributed by atoms with Crippen LogP contribution in [-0.4, -0.2) is 50.0 Å². The zero-order valence-electron chi connectivity index (χ0n) is 18.6. The van der Waals surface area contributed by atoms with E-state index in [1.54, 1.807) is 7.11 Å². The van der Waals surface area contributed by atoms with Gasteiger partial charge in [0.05, 0.1) is 6.54 Å². The van der Waals surface area contributed by atoms with E-state index in [1.807, 2.05) is 23.1 Å². The lowest BCUT2D eigenvalue weighted by Crippen LogP contribution is -2.47. The molecule has 3 heterocycles. The van der Waals surface area contributed by atoms with Crippen molar-refractivity contribution in [2.75, 3.05) is 13.7 Å². The minimum atomic E-state index is 0. The largest absolute Gasteiger partial charge is 0.377 e. The summed E-state index contributed by atoms with van der Waals surface area (Å²) >= 11 is 0. The fourth-order valence-electron chi connectivity index (χ4n) is 3.75. The average molecular weight is 550 g/mol. The smallest absolute Gasteiger partial charge is 0.191 e. The van der Waals surface area contributed by atoms with Gasteiger partial charge in [-0.25, -0.2) is 19.6 Å². The molecule has 1 aromatic carbocycles. The highest BCUT2D eigenvalue weighted by Gasteiger charge is 2.22. The number of benzene rings is 1. The van der Waals surface area contributed by atoms with Gasteiger partial charge in [-0.1, -0.05) is 30.3 Å². The van der Waals surface area contributed by atoms with Gasteiger partial charge in [-0.2, -0.15) is 5.10 Å². The minimum Gasteiger partial charge on any atom is -0.377 e. The van der Waals surface area contributed by atoms with Crippen LogP contribution in [0.1, 0.15) is 36.4 Å². The molecule has 0 aliphatic carbocycles. The second-order valence-corrected chi connectivity index (χ2v) is 7.59. The van der Waals surface area contributed by atoms with Crippen molar-refractivity contribution in [1.82, 2.24) is 34.9 Å². The number of hydrogen-bond donors (Lipinski definition) is 2. The van der Waals surface area contributed by atoms with E-state index in [2.05, 4.69) is 61.5 Å². The minimum absolute atomic E-state index is 0. The number of ether oxygens (including phenoxy) is 1. The molecule has 9 nitrogen and oxygen atoms in total. The standard InChI is InChI=1S/C22H30N8O.HI/c1-3-23-22(26-18-9-10-20-27-19(16-31-2)28-30(20)15-18)25-13-21-24-11-12-29(21)14-17-7-5-4-6-8-17;/h4-8,11-12,18H,3,9-10,13-16H2,1-2H3,(H2,23,25,26);1H. The van der Waals surface area contributed by atoms with Crippen LogP contribution in [0.5, 0.6) is 0 Å². The number of imidazole rings is 1. The van der Waals surface area contributed by atoms with Gasteiger partial charge in [0.2, 0.25) is 0 Å². The Morgan fingerprint density at radius 3 is 2.91 bits per heavy atom. The lowest BCUT2D eigenvalue weighted by atomic mass is 10.1. The number of aromatic nitrogens is 5. The molecule has 0 saturated heterocycles. The van der Waals surface area contributed by atoms with E-state index in [4.69, 9.17) is 9.73 Å². The van der Waals surface area contributed by atoms with E-state index in [9.17, 15) is 0 Å². The summed E-state index contributed by atoms with van der Waals surface area (Å²) in [6.45, 7) is 5.37. The van der Waals surface area contributed by atoms with E-state index < -0.39 is 0 Å². The maximum atomic E-state index is 5.15. The maximum Gasteiger partial charge on any atom is 0.191 e. The molecule has 2 N–H and O–H groups in total. The van der Waals surface area contributed by atoms with Crippen molar-refractivity contribution >= 4 is 29.9 Å². The molecule has 0 amide bonds. The zero-order chi connectivity index (χ0) is 21.5. The molecular formula is C22H31IN8O. The summed E-state index contributed by atoms with van der Waals surface area (Å²) in [5, 5.41) is 11.4. The zero-order valence-corrected chi connectivity index (χ0v) is 20.9. The van der Waals surface area contributed by atoms with Gasteiger partial charge >= 0.3 is 0 Å². The molecule has 0 radical (unpaired) electrons. The first-order valence-electron chi connectivity index (χ1n) is 10.8. The number of methoxy groups -OCH3 is 1. The van der Waals surface area contributed by atoms with Crippen LogP contribution in [0.3, 0.4) is 0 Å². The van der Waals surface area contributed by atoms with Crippen molar-refractivity contribution in [2.24, 2.45) is 4.99 Å². The summed E-state index contributed by atoms with van der Waals surface area (Å²) in [7, 11) is 1.66. The first kappa shape index (κ1) is 24.2. The fraction of sp³-hybridized carbons (Fsp3) is 0.455. The van der Waals surface area contributed by atoms with E-state index >= 15 is 0 Å². The monoisotopic (exact) mass is 550 g/mol. The van der Waals surface area contributed by atoms with Crippen LogP contribution in [0.4, 0.5) is 0 Å². The third-order valence-corrected chi connectivity index (χ3v) is 5.24. The molecule has 1 atom stereocenters. The predicted molar refractivity (Wildman–Crippen MR) is 134 cm³/mol. The fourth-order valence-corrected chi connectivity index (χ4v) is 3.75. The van der Waals surface area contributed by atoms with Gasteiger partial charge < -0.3 is 19.9 Å². The van der Waals surface area contributed by atoms with Crippen LogP contribution in [0, 0.1) is 0 Å². The summed E-state index contributed by atoms with van der Waals surface area (Å²) in [5.41, 5.74) is 1.24. The maximum absolute atomic E-state index is 5.15. The van der Waals surface area contributed by atoms with E-state index in [0.717, 1.165) is 55.9 Å². The Kier molecular flexibility index (Phi) is 9.03. The summed E-state index contributed by atoms with van der Waals surface area (Å²) in [4.78, 5) is 13.8. The molecule has 32 heavy (non-hydrogen) atoms. The number of aryl methyl sites for hydroxylation is 1. The molecule has 172 valence electrons. The van der Waals surface area contributed by atoms with E-state index in [-0.39, 0.29) is 30.0 Å². The van der Waals surface area contributed by atoms with Crippen LogP contribution >= 0.6 is 24.0 Å². The Morgan fingerprint density at radius 1 is 1.28 bits per heavy atom. The van der Waals surface area contributed by atoms with Crippen molar-refractivity contribution in [3.63, 3.8) is 0 Å². The molecular weight excluding hydrogens is 519 g/mol. The Morgan fingerprint density at radius 2 is 2.12 bits per heavy atom. The highest BCUT2D eigenvalue weighted by Crippen LogP contribution is 2.13. The molecule has 1 aliphatic heterocycles. The summed E-state index contributed by atoms with van der Waals surface area (Å²) in [6.07, 6.45) is 5.70. The van der Waals surface area contributed by atoms with Crippen molar-refractivity contribution in [1.29, 1.82) is 0 Å². The third-order valence-electron chi connectivity index (χ3n) is 5.24. The highest BCUT2D eigenvalue weighted by atomic mass is 127. The van der Waals surface area contributed by atoms with Crippen LogP contribution in [-0.2, 0) is 37.4 Å². The van der Waals surface area contributed by atoms with Gasteiger partial charge in [0.15, 0.2) is 11.8 Å². The number of nitrogens with zero attached hydrogens (tertiary/aromatic N) is 6. The molecule has 0 fully saturated rings. The van der Waals surface area contributed by atoms with Crippen molar-refractivity contribution in [2.45, 2.75) is 52.0 Å². The summed E-state index contributed by atoms with van der Waals surface area (Å²) in [5.74, 6) is 3.49. The van der Waals surface area contributed by atoms with Gasteiger partial charge in [0.1, 0.15) is 24.8 Å². The van der Waals surface area contributed by atoms with E-state index in [1.165, 1.54) is 5.56 Å². The number of fused-ring (bicyclic) bond motifs is 1. The van der Waals surface area contributed by atoms with Gasteiger partial charge in [-0.05, 0) is 18.9 Å². The van der Waals surface area contributed by atoms with Gasteiger partial charge in [-0.3, -0.25) is 0 Å². The van der Waals surface area contributed by atoms with Crippen LogP contribution < -0.4 is 10.6 Å². The van der Waals surface area contributed by atoms with Crippen LogP contribution in [0.15, 0.2) is 47.7 Å². The number of hydrogen-bond acceptors (Lipinski definition) is 5. The Labute approximate surface area is 205 Å². The second-order valence-electron chi connectivity index (χ2n) is 7.59. The lowest BCUT2D eigenvalue weighted by molar-refractivity contribution is 0.177. The van der Waals surface area contributed by atoms with E-state index in [0.29, 0.717) is 13.2 Å². The number of nitrogens with one attached hydrogen (secondary N) is 2. The quantitative estimate of drug-likeness (QED) is 0.254. The lowest BCUT2D eigenvalue weighted by Gasteiger charge is -2.25. The van der Waals surface area contributed by atoms with Gasteiger partial charge in [-0.15, -0.1) is 24.0 Å². The SMILES string of the molecule is CCNC(=NCc1nccn1Cc1ccccc1)NC1CCc2nc(COC)nn2C1.I. The summed E-state index contributed by atoms with van der Waals surface area (Å²) in [6, 6.07) is 10.6. The van der Waals surface area contributed by atoms with Gasteiger partial charge in [0, 0.05) is 45.1 Å². The molecule has 4 rings (SSSR count). The van der Waals surface area contributed by atoms with Crippen LogP contribution in [0.25, 0.3) is 0 Å². The second kappa shape index (κ2) is 12.0. The first-order valence-corrected chi connectivity index (χ1v) is 10.8. The summed E-state index contributed by atoms with van der Waals surface area (Å²) < 4.78 is 9.27.